The minimum absolute atomic E-state index is 0.0662. The van der Waals surface area contributed by atoms with Crippen molar-refractivity contribution >= 4 is 17.4 Å². The third kappa shape index (κ3) is 5.84. The predicted molar refractivity (Wildman–Crippen MR) is 109 cm³/mol. The molecule has 27 heavy (non-hydrogen) atoms. The molecule has 5 nitrogen and oxygen atoms in total. The van der Waals surface area contributed by atoms with E-state index in [1.807, 2.05) is 31.2 Å². The Labute approximate surface area is 160 Å². The van der Waals surface area contributed by atoms with Gasteiger partial charge in [-0.1, -0.05) is 11.6 Å². The number of pyridine rings is 1. The number of rotatable bonds is 8. The summed E-state index contributed by atoms with van der Waals surface area (Å²) in [6.07, 6.45) is 9.81. The Morgan fingerprint density at radius 1 is 1.19 bits per heavy atom. The number of nitrogens with one attached hydrogen (secondary N) is 2. The van der Waals surface area contributed by atoms with E-state index in [2.05, 4.69) is 21.7 Å². The van der Waals surface area contributed by atoms with Crippen LogP contribution in [-0.4, -0.2) is 24.0 Å². The number of hydrogen-bond acceptors (Lipinski definition) is 4. The highest BCUT2D eigenvalue weighted by Gasteiger charge is 2.08. The number of anilines is 2. The Bertz CT molecular complexity index is 784. The van der Waals surface area contributed by atoms with E-state index in [4.69, 9.17) is 4.74 Å². The maximum Gasteiger partial charge on any atom is 0.251 e. The fourth-order valence-electron chi connectivity index (χ4n) is 3.16. The van der Waals surface area contributed by atoms with Gasteiger partial charge in [0, 0.05) is 24.0 Å². The molecule has 1 aliphatic carbocycles. The summed E-state index contributed by atoms with van der Waals surface area (Å²) in [6.45, 7) is 3.27. The van der Waals surface area contributed by atoms with Crippen LogP contribution in [0.5, 0.6) is 5.75 Å². The zero-order valence-electron chi connectivity index (χ0n) is 15.8. The fourth-order valence-corrected chi connectivity index (χ4v) is 3.16. The summed E-state index contributed by atoms with van der Waals surface area (Å²) in [6, 6.07) is 11.2. The summed E-state index contributed by atoms with van der Waals surface area (Å²) in [7, 11) is 0. The van der Waals surface area contributed by atoms with Crippen LogP contribution in [0.3, 0.4) is 0 Å². The van der Waals surface area contributed by atoms with E-state index in [0.717, 1.165) is 17.9 Å². The topological polar surface area (TPSA) is 63.2 Å². The number of carbonyl (C=O) groups is 1. The van der Waals surface area contributed by atoms with Gasteiger partial charge < -0.3 is 15.4 Å². The lowest BCUT2D eigenvalue weighted by Gasteiger charge is -2.13. The van der Waals surface area contributed by atoms with Gasteiger partial charge in [-0.3, -0.25) is 4.79 Å². The van der Waals surface area contributed by atoms with Crippen molar-refractivity contribution < 1.29 is 9.53 Å². The highest BCUT2D eigenvalue weighted by molar-refractivity contribution is 5.94. The molecule has 142 valence electrons. The van der Waals surface area contributed by atoms with Crippen molar-refractivity contribution in [3.63, 3.8) is 0 Å². The minimum Gasteiger partial charge on any atom is -0.494 e. The van der Waals surface area contributed by atoms with E-state index in [9.17, 15) is 4.79 Å². The van der Waals surface area contributed by atoms with Crippen molar-refractivity contribution in [1.82, 2.24) is 10.3 Å². The summed E-state index contributed by atoms with van der Waals surface area (Å²) in [5.41, 5.74) is 2.97. The van der Waals surface area contributed by atoms with E-state index in [1.165, 1.54) is 31.3 Å². The van der Waals surface area contributed by atoms with Gasteiger partial charge in [0.05, 0.1) is 6.61 Å². The zero-order valence-corrected chi connectivity index (χ0v) is 15.8. The molecule has 0 fully saturated rings. The van der Waals surface area contributed by atoms with Gasteiger partial charge in [-0.15, -0.1) is 0 Å². The second-order valence-corrected chi connectivity index (χ2v) is 6.63. The van der Waals surface area contributed by atoms with Crippen molar-refractivity contribution in [2.24, 2.45) is 0 Å². The molecule has 2 aromatic rings. The summed E-state index contributed by atoms with van der Waals surface area (Å²) < 4.78 is 5.44. The van der Waals surface area contributed by atoms with Gasteiger partial charge in [-0.05, 0) is 75.4 Å². The van der Waals surface area contributed by atoms with Gasteiger partial charge in [0.1, 0.15) is 11.6 Å². The average Bonchev–Trinajstić information content (AvgIpc) is 2.71. The second kappa shape index (κ2) is 9.76. The minimum atomic E-state index is -0.0662. The predicted octanol–water partition coefficient (Wildman–Crippen LogP) is 4.84. The molecule has 3 rings (SSSR count). The van der Waals surface area contributed by atoms with Gasteiger partial charge in [0.25, 0.3) is 5.91 Å². The fraction of sp³-hybridized carbons (Fsp3) is 0.364. The van der Waals surface area contributed by atoms with Crippen LogP contribution >= 0.6 is 0 Å². The highest BCUT2D eigenvalue weighted by atomic mass is 16.5. The van der Waals surface area contributed by atoms with Crippen LogP contribution in [0.1, 0.15) is 49.4 Å². The summed E-state index contributed by atoms with van der Waals surface area (Å²) in [5, 5.41) is 6.23. The molecule has 0 unspecified atom stereocenters. The van der Waals surface area contributed by atoms with Crippen LogP contribution in [0.4, 0.5) is 11.5 Å². The van der Waals surface area contributed by atoms with Gasteiger partial charge in [0.15, 0.2) is 0 Å². The molecule has 0 aliphatic heterocycles. The van der Waals surface area contributed by atoms with Crippen LogP contribution in [-0.2, 0) is 0 Å². The largest absolute Gasteiger partial charge is 0.494 e. The molecule has 0 atom stereocenters. The maximum absolute atomic E-state index is 12.4. The molecule has 0 radical (unpaired) electrons. The van der Waals surface area contributed by atoms with E-state index in [1.54, 1.807) is 18.3 Å². The first-order valence-corrected chi connectivity index (χ1v) is 9.66. The van der Waals surface area contributed by atoms with Crippen molar-refractivity contribution in [1.29, 1.82) is 0 Å². The number of hydrogen-bond donors (Lipinski definition) is 2. The lowest BCUT2D eigenvalue weighted by molar-refractivity contribution is 0.0954. The highest BCUT2D eigenvalue weighted by Crippen LogP contribution is 2.20. The van der Waals surface area contributed by atoms with Crippen LogP contribution < -0.4 is 15.4 Å². The molecule has 1 aliphatic rings. The summed E-state index contributed by atoms with van der Waals surface area (Å²) in [4.78, 5) is 16.7. The molecule has 0 bridgehead atoms. The molecular weight excluding hydrogens is 338 g/mol. The summed E-state index contributed by atoms with van der Waals surface area (Å²) >= 11 is 0. The number of amides is 1. The molecule has 0 spiro atoms. The van der Waals surface area contributed by atoms with E-state index in [0.29, 0.717) is 24.5 Å². The zero-order chi connectivity index (χ0) is 18.9. The number of ether oxygens (including phenoxy) is 1. The third-order valence-corrected chi connectivity index (χ3v) is 4.58. The quantitative estimate of drug-likeness (QED) is 0.657. The Morgan fingerprint density at radius 2 is 2.04 bits per heavy atom. The van der Waals surface area contributed by atoms with E-state index in [-0.39, 0.29) is 5.91 Å². The van der Waals surface area contributed by atoms with E-state index < -0.39 is 0 Å². The molecule has 5 heteroatoms. The standard InChI is InChI=1S/C22H27N3O2/c1-2-27-20-10-8-19(9-11-20)25-21-16-18(13-15-23-21)22(26)24-14-12-17-6-4-3-5-7-17/h6,8-11,13,15-16H,2-5,7,12,14H2,1H3,(H,23,25)(H,24,26). The Balaban J connectivity index is 1.54. The summed E-state index contributed by atoms with van der Waals surface area (Å²) in [5.74, 6) is 1.41. The molecule has 1 heterocycles. The Hall–Kier alpha value is -2.82. The van der Waals surface area contributed by atoms with Crippen molar-refractivity contribution in [3.8, 4) is 5.75 Å². The van der Waals surface area contributed by atoms with Crippen molar-refractivity contribution in [2.45, 2.75) is 39.0 Å². The maximum atomic E-state index is 12.4. The molecule has 1 aromatic heterocycles. The third-order valence-electron chi connectivity index (χ3n) is 4.58. The lowest BCUT2D eigenvalue weighted by Crippen LogP contribution is -2.25. The number of allylic oxidation sites excluding steroid dienone is 1. The van der Waals surface area contributed by atoms with Gasteiger partial charge in [0.2, 0.25) is 0 Å². The second-order valence-electron chi connectivity index (χ2n) is 6.63. The SMILES string of the molecule is CCOc1ccc(Nc2cc(C(=O)NCCC3=CCCCC3)ccn2)cc1. The normalized spacial score (nSPS) is 13.6. The average molecular weight is 365 g/mol. The van der Waals surface area contributed by atoms with Crippen LogP contribution in [0.25, 0.3) is 0 Å². The molecule has 1 aromatic carbocycles. The lowest BCUT2D eigenvalue weighted by atomic mass is 9.97. The first kappa shape index (κ1) is 19.0. The molecule has 1 amide bonds. The molecule has 0 saturated carbocycles. The van der Waals surface area contributed by atoms with Crippen molar-refractivity contribution in [2.75, 3.05) is 18.5 Å². The van der Waals surface area contributed by atoms with Crippen molar-refractivity contribution in [3.05, 3.63) is 59.8 Å². The number of aromatic nitrogens is 1. The van der Waals surface area contributed by atoms with Crippen LogP contribution in [0, 0.1) is 0 Å². The smallest absolute Gasteiger partial charge is 0.251 e. The van der Waals surface area contributed by atoms with Gasteiger partial charge >= 0.3 is 0 Å². The first-order valence-electron chi connectivity index (χ1n) is 9.66. The molecular formula is C22H27N3O2. The molecule has 2 N–H and O–H groups in total. The van der Waals surface area contributed by atoms with Crippen LogP contribution in [0.2, 0.25) is 0 Å². The number of carbonyl (C=O) groups excluding carboxylic acids is 1. The van der Waals surface area contributed by atoms with Crippen LogP contribution in [0.15, 0.2) is 54.2 Å². The monoisotopic (exact) mass is 365 g/mol. The first-order chi connectivity index (χ1) is 13.2. The van der Waals surface area contributed by atoms with Gasteiger partial charge in [-0.25, -0.2) is 4.98 Å². The number of benzene rings is 1. The Morgan fingerprint density at radius 3 is 2.78 bits per heavy atom. The Kier molecular flexibility index (Phi) is 6.85. The number of nitrogens with zero attached hydrogens (tertiary/aromatic N) is 1. The van der Waals surface area contributed by atoms with Gasteiger partial charge in [-0.2, -0.15) is 0 Å². The van der Waals surface area contributed by atoms with E-state index >= 15 is 0 Å². The molecule has 0 saturated heterocycles.